The smallest absolute Gasteiger partial charge is 0.416 e. The number of benzene rings is 2. The van der Waals surface area contributed by atoms with Crippen LogP contribution in [0.2, 0.25) is 0 Å². The summed E-state index contributed by atoms with van der Waals surface area (Å²) in [6, 6.07) is 10.5. The number of nitrogens with one attached hydrogen (secondary N) is 1. The Balaban J connectivity index is 1.82. The molecule has 5 nitrogen and oxygen atoms in total. The number of aliphatic hydroxyl groups is 1. The normalized spacial score (nSPS) is 12.5. The van der Waals surface area contributed by atoms with Crippen LogP contribution in [0.3, 0.4) is 0 Å². The number of ether oxygens (including phenoxy) is 1. The minimum absolute atomic E-state index is 0.298. The standard InChI is InChI=1S/C18H19F3N2O3/c19-18(20,21)13-3-1-12(2-4-13)9-10-26-15-7-5-14(6-8-15)23-17(25)16(22)11-24/h1-8,16,24H,9-11,22H2,(H,23,25)/t16-/m0/s1. The number of aliphatic hydroxyl groups excluding tert-OH is 1. The molecule has 4 N–H and O–H groups in total. The number of alkyl halides is 3. The van der Waals surface area contributed by atoms with Crippen LogP contribution < -0.4 is 15.8 Å². The Kier molecular flexibility index (Phi) is 6.59. The molecule has 0 aliphatic carbocycles. The fourth-order valence-corrected chi connectivity index (χ4v) is 2.10. The van der Waals surface area contributed by atoms with Gasteiger partial charge in [0, 0.05) is 12.1 Å². The summed E-state index contributed by atoms with van der Waals surface area (Å²) in [4.78, 5) is 11.5. The Labute approximate surface area is 148 Å². The zero-order chi connectivity index (χ0) is 19.2. The number of rotatable bonds is 7. The summed E-state index contributed by atoms with van der Waals surface area (Å²) < 4.78 is 43.0. The molecule has 0 saturated carbocycles. The van der Waals surface area contributed by atoms with Crippen LogP contribution in [0.1, 0.15) is 11.1 Å². The molecule has 0 aliphatic rings. The first-order valence-electron chi connectivity index (χ1n) is 7.86. The number of nitrogens with two attached hydrogens (primary N) is 1. The SMILES string of the molecule is N[C@@H](CO)C(=O)Nc1ccc(OCCc2ccc(C(F)(F)F)cc2)cc1. The van der Waals surface area contributed by atoms with Crippen molar-refractivity contribution in [3.05, 3.63) is 59.7 Å². The zero-order valence-corrected chi connectivity index (χ0v) is 13.8. The van der Waals surface area contributed by atoms with E-state index in [-0.39, 0.29) is 0 Å². The van der Waals surface area contributed by atoms with E-state index in [0.29, 0.717) is 24.5 Å². The molecule has 140 valence electrons. The Hall–Kier alpha value is -2.58. The quantitative estimate of drug-likeness (QED) is 0.701. The Morgan fingerprint density at radius 1 is 1.12 bits per heavy atom. The van der Waals surface area contributed by atoms with Crippen LogP contribution in [0.4, 0.5) is 18.9 Å². The summed E-state index contributed by atoms with van der Waals surface area (Å²) in [5.41, 5.74) is 5.96. The van der Waals surface area contributed by atoms with E-state index >= 15 is 0 Å². The lowest BCUT2D eigenvalue weighted by molar-refractivity contribution is -0.137. The maximum absolute atomic E-state index is 12.5. The number of anilines is 1. The number of carbonyl (C=O) groups is 1. The van der Waals surface area contributed by atoms with Crippen molar-refractivity contribution in [2.45, 2.75) is 18.6 Å². The van der Waals surface area contributed by atoms with E-state index in [1.807, 2.05) is 0 Å². The molecule has 2 aromatic rings. The molecule has 26 heavy (non-hydrogen) atoms. The molecule has 0 unspecified atom stereocenters. The molecule has 1 atom stereocenters. The van der Waals surface area contributed by atoms with Gasteiger partial charge in [-0.1, -0.05) is 12.1 Å². The second kappa shape index (κ2) is 8.68. The van der Waals surface area contributed by atoms with Crippen molar-refractivity contribution in [3.63, 3.8) is 0 Å². The molecule has 0 heterocycles. The van der Waals surface area contributed by atoms with Gasteiger partial charge in [0.2, 0.25) is 5.91 Å². The summed E-state index contributed by atoms with van der Waals surface area (Å²) in [6.45, 7) is -0.149. The lowest BCUT2D eigenvalue weighted by Crippen LogP contribution is -2.38. The number of carbonyl (C=O) groups excluding carboxylic acids is 1. The van der Waals surface area contributed by atoms with Gasteiger partial charge >= 0.3 is 6.18 Å². The van der Waals surface area contributed by atoms with E-state index in [1.54, 1.807) is 24.3 Å². The predicted molar refractivity (Wildman–Crippen MR) is 90.8 cm³/mol. The Bertz CT molecular complexity index is 716. The van der Waals surface area contributed by atoms with Gasteiger partial charge < -0.3 is 20.9 Å². The van der Waals surface area contributed by atoms with Gasteiger partial charge in [-0.15, -0.1) is 0 Å². The average Bonchev–Trinajstić information content (AvgIpc) is 2.62. The van der Waals surface area contributed by atoms with Gasteiger partial charge in [-0.25, -0.2) is 0 Å². The third-order valence-electron chi connectivity index (χ3n) is 3.60. The molecular formula is C18H19F3N2O3. The topological polar surface area (TPSA) is 84.6 Å². The summed E-state index contributed by atoms with van der Waals surface area (Å²) in [7, 11) is 0. The van der Waals surface area contributed by atoms with Gasteiger partial charge in [0.15, 0.2) is 0 Å². The number of halogens is 3. The molecule has 0 aromatic heterocycles. The minimum atomic E-state index is -4.34. The molecule has 0 fully saturated rings. The average molecular weight is 368 g/mol. The molecule has 2 rings (SSSR count). The first-order chi connectivity index (χ1) is 12.3. The number of amides is 1. The molecule has 2 aromatic carbocycles. The maximum atomic E-state index is 12.5. The lowest BCUT2D eigenvalue weighted by atomic mass is 10.1. The van der Waals surface area contributed by atoms with Gasteiger partial charge in [-0.2, -0.15) is 13.2 Å². The summed E-state index contributed by atoms with van der Waals surface area (Å²) in [6.07, 6.45) is -3.88. The Morgan fingerprint density at radius 2 is 1.73 bits per heavy atom. The van der Waals surface area contributed by atoms with Crippen molar-refractivity contribution in [1.82, 2.24) is 0 Å². The van der Waals surface area contributed by atoms with E-state index in [0.717, 1.165) is 17.7 Å². The zero-order valence-electron chi connectivity index (χ0n) is 13.8. The van der Waals surface area contributed by atoms with E-state index in [2.05, 4.69) is 5.32 Å². The highest BCUT2D eigenvalue weighted by Crippen LogP contribution is 2.29. The summed E-state index contributed by atoms with van der Waals surface area (Å²) in [5, 5.41) is 11.4. The highest BCUT2D eigenvalue weighted by atomic mass is 19.4. The number of hydrogen-bond acceptors (Lipinski definition) is 4. The maximum Gasteiger partial charge on any atom is 0.416 e. The molecule has 0 aliphatic heterocycles. The van der Waals surface area contributed by atoms with Gasteiger partial charge in [0.25, 0.3) is 0 Å². The summed E-state index contributed by atoms with van der Waals surface area (Å²) in [5.74, 6) is 0.0600. The largest absolute Gasteiger partial charge is 0.493 e. The van der Waals surface area contributed by atoms with Crippen molar-refractivity contribution in [1.29, 1.82) is 0 Å². The Morgan fingerprint density at radius 3 is 2.27 bits per heavy atom. The van der Waals surface area contributed by atoms with Gasteiger partial charge in [0.1, 0.15) is 11.8 Å². The fourth-order valence-electron chi connectivity index (χ4n) is 2.10. The highest BCUT2D eigenvalue weighted by Gasteiger charge is 2.29. The van der Waals surface area contributed by atoms with Crippen LogP contribution in [0, 0.1) is 0 Å². The third-order valence-corrected chi connectivity index (χ3v) is 3.60. The second-order valence-corrected chi connectivity index (χ2v) is 5.60. The van der Waals surface area contributed by atoms with Crippen LogP contribution in [0.5, 0.6) is 5.75 Å². The van der Waals surface area contributed by atoms with Gasteiger partial charge in [0.05, 0.1) is 18.8 Å². The monoisotopic (exact) mass is 368 g/mol. The van der Waals surface area contributed by atoms with Crippen molar-refractivity contribution < 1.29 is 27.8 Å². The first kappa shape index (κ1) is 19.7. The fraction of sp³-hybridized carbons (Fsp3) is 0.278. The van der Waals surface area contributed by atoms with E-state index in [1.165, 1.54) is 12.1 Å². The molecule has 0 saturated heterocycles. The van der Waals surface area contributed by atoms with Crippen LogP contribution >= 0.6 is 0 Å². The molecule has 0 spiro atoms. The minimum Gasteiger partial charge on any atom is -0.493 e. The third kappa shape index (κ3) is 5.75. The van der Waals surface area contributed by atoms with Crippen LogP contribution in [0.25, 0.3) is 0 Å². The molecular weight excluding hydrogens is 349 g/mol. The molecule has 0 bridgehead atoms. The molecule has 8 heteroatoms. The van der Waals surface area contributed by atoms with Crippen LogP contribution in [-0.2, 0) is 17.4 Å². The van der Waals surface area contributed by atoms with Crippen molar-refractivity contribution in [2.24, 2.45) is 5.73 Å². The van der Waals surface area contributed by atoms with E-state index < -0.39 is 30.3 Å². The van der Waals surface area contributed by atoms with Crippen molar-refractivity contribution in [3.8, 4) is 5.75 Å². The van der Waals surface area contributed by atoms with Gasteiger partial charge in [-0.05, 0) is 42.0 Å². The van der Waals surface area contributed by atoms with Crippen LogP contribution in [-0.4, -0.2) is 30.3 Å². The van der Waals surface area contributed by atoms with E-state index in [4.69, 9.17) is 15.6 Å². The highest BCUT2D eigenvalue weighted by molar-refractivity contribution is 5.94. The van der Waals surface area contributed by atoms with Gasteiger partial charge in [-0.3, -0.25) is 4.79 Å². The predicted octanol–water partition coefficient (Wildman–Crippen LogP) is 2.59. The molecule has 1 amide bonds. The van der Waals surface area contributed by atoms with Crippen molar-refractivity contribution >= 4 is 11.6 Å². The second-order valence-electron chi connectivity index (χ2n) is 5.60. The van der Waals surface area contributed by atoms with E-state index in [9.17, 15) is 18.0 Å². The lowest BCUT2D eigenvalue weighted by Gasteiger charge is -2.11. The van der Waals surface area contributed by atoms with Crippen LogP contribution in [0.15, 0.2) is 48.5 Å². The first-order valence-corrected chi connectivity index (χ1v) is 7.86. The number of hydrogen-bond donors (Lipinski definition) is 3. The molecule has 0 radical (unpaired) electrons. The van der Waals surface area contributed by atoms with Crippen molar-refractivity contribution in [2.75, 3.05) is 18.5 Å². The summed E-state index contributed by atoms with van der Waals surface area (Å²) >= 11 is 0.